The molecular formula is C14H9BrF2O3. The number of benzene rings is 2. The number of carboxylic acids is 1. The molecule has 20 heavy (non-hydrogen) atoms. The second-order valence-electron chi connectivity index (χ2n) is 3.94. The lowest BCUT2D eigenvalue weighted by atomic mass is 10.2. The van der Waals surface area contributed by atoms with Crippen LogP contribution < -0.4 is 4.74 Å². The van der Waals surface area contributed by atoms with E-state index < -0.39 is 17.6 Å². The van der Waals surface area contributed by atoms with E-state index in [-0.39, 0.29) is 28.0 Å². The number of hydrogen-bond acceptors (Lipinski definition) is 2. The topological polar surface area (TPSA) is 46.5 Å². The third-order valence-electron chi connectivity index (χ3n) is 2.60. The highest BCUT2D eigenvalue weighted by Gasteiger charge is 2.13. The normalized spacial score (nSPS) is 10.3. The summed E-state index contributed by atoms with van der Waals surface area (Å²) in [5, 5.41) is 8.84. The fraction of sp³-hybridized carbons (Fsp3) is 0.0714. The number of carbonyl (C=O) groups is 1. The van der Waals surface area contributed by atoms with E-state index in [1.54, 1.807) is 0 Å². The van der Waals surface area contributed by atoms with Crippen LogP contribution in [0.3, 0.4) is 0 Å². The molecular weight excluding hydrogens is 334 g/mol. The maximum atomic E-state index is 13.7. The fourth-order valence-electron chi connectivity index (χ4n) is 1.58. The average molecular weight is 343 g/mol. The Kier molecular flexibility index (Phi) is 4.34. The Hall–Kier alpha value is -1.95. The largest absolute Gasteiger partial charge is 0.489 e. The zero-order valence-electron chi connectivity index (χ0n) is 10.1. The molecule has 0 atom stereocenters. The Morgan fingerprint density at radius 2 is 2.00 bits per heavy atom. The van der Waals surface area contributed by atoms with Crippen LogP contribution in [0.15, 0.2) is 40.9 Å². The summed E-state index contributed by atoms with van der Waals surface area (Å²) in [7, 11) is 0. The van der Waals surface area contributed by atoms with Gasteiger partial charge < -0.3 is 9.84 Å². The van der Waals surface area contributed by atoms with Gasteiger partial charge in [0.2, 0.25) is 0 Å². The lowest BCUT2D eigenvalue weighted by Crippen LogP contribution is -2.03. The average Bonchev–Trinajstić information content (AvgIpc) is 2.43. The maximum absolute atomic E-state index is 13.7. The van der Waals surface area contributed by atoms with Gasteiger partial charge in [-0.1, -0.05) is 6.07 Å². The summed E-state index contributed by atoms with van der Waals surface area (Å²) in [5.74, 6) is -2.33. The molecule has 1 N–H and O–H groups in total. The van der Waals surface area contributed by atoms with Gasteiger partial charge in [-0.3, -0.25) is 0 Å². The molecule has 6 heteroatoms. The first-order valence-corrected chi connectivity index (χ1v) is 6.37. The van der Waals surface area contributed by atoms with Crippen molar-refractivity contribution in [2.75, 3.05) is 0 Å². The van der Waals surface area contributed by atoms with Gasteiger partial charge in [-0.15, -0.1) is 0 Å². The van der Waals surface area contributed by atoms with Crippen molar-refractivity contribution < 1.29 is 23.4 Å². The number of carboxylic acid groups (broad SMARTS) is 1. The van der Waals surface area contributed by atoms with Crippen LogP contribution in [0.2, 0.25) is 0 Å². The van der Waals surface area contributed by atoms with E-state index in [1.807, 2.05) is 0 Å². The summed E-state index contributed by atoms with van der Waals surface area (Å²) in [4.78, 5) is 10.8. The Balaban J connectivity index is 2.19. The fourth-order valence-corrected chi connectivity index (χ4v) is 1.95. The highest BCUT2D eigenvalue weighted by molar-refractivity contribution is 9.10. The van der Waals surface area contributed by atoms with Gasteiger partial charge in [0.05, 0.1) is 15.6 Å². The molecule has 0 unspecified atom stereocenters. The summed E-state index contributed by atoms with van der Waals surface area (Å²) < 4.78 is 32.6. The summed E-state index contributed by atoms with van der Waals surface area (Å²) in [6.07, 6.45) is 0. The van der Waals surface area contributed by atoms with E-state index in [4.69, 9.17) is 9.84 Å². The van der Waals surface area contributed by atoms with Crippen molar-refractivity contribution in [3.63, 3.8) is 0 Å². The van der Waals surface area contributed by atoms with Crippen LogP contribution in [-0.4, -0.2) is 11.1 Å². The molecule has 0 spiro atoms. The molecule has 2 rings (SSSR count). The minimum atomic E-state index is -1.10. The highest BCUT2D eigenvalue weighted by atomic mass is 79.9. The molecule has 0 radical (unpaired) electrons. The van der Waals surface area contributed by atoms with Crippen molar-refractivity contribution in [3.05, 3.63) is 63.6 Å². The van der Waals surface area contributed by atoms with Crippen molar-refractivity contribution in [1.29, 1.82) is 0 Å². The van der Waals surface area contributed by atoms with Gasteiger partial charge in [-0.05, 0) is 46.3 Å². The van der Waals surface area contributed by atoms with Gasteiger partial charge in [0.1, 0.15) is 24.0 Å². The van der Waals surface area contributed by atoms with E-state index in [1.165, 1.54) is 30.3 Å². The lowest BCUT2D eigenvalue weighted by molar-refractivity contribution is 0.0696. The molecule has 0 bridgehead atoms. The molecule has 0 aromatic heterocycles. The van der Waals surface area contributed by atoms with E-state index in [0.29, 0.717) is 0 Å². The Labute approximate surface area is 121 Å². The lowest BCUT2D eigenvalue weighted by Gasteiger charge is -2.09. The van der Waals surface area contributed by atoms with Gasteiger partial charge in [0, 0.05) is 0 Å². The van der Waals surface area contributed by atoms with Crippen molar-refractivity contribution in [3.8, 4) is 5.75 Å². The molecule has 0 saturated heterocycles. The van der Waals surface area contributed by atoms with Crippen molar-refractivity contribution in [2.24, 2.45) is 0 Å². The Morgan fingerprint density at radius 3 is 2.70 bits per heavy atom. The minimum Gasteiger partial charge on any atom is -0.489 e. The molecule has 0 amide bonds. The second kappa shape index (κ2) is 6.00. The Morgan fingerprint density at radius 1 is 1.25 bits per heavy atom. The van der Waals surface area contributed by atoms with Crippen LogP contribution in [0.1, 0.15) is 15.9 Å². The first-order chi connectivity index (χ1) is 9.49. The van der Waals surface area contributed by atoms with E-state index in [0.717, 1.165) is 6.07 Å². The standard InChI is InChI=1S/C14H9BrF2O3/c15-11-4-5-12(16)10(13(11)17)7-20-9-3-1-2-8(6-9)14(18)19/h1-6H,7H2,(H,18,19). The van der Waals surface area contributed by atoms with Gasteiger partial charge in [-0.2, -0.15) is 0 Å². The van der Waals surface area contributed by atoms with Gasteiger partial charge in [0.25, 0.3) is 0 Å². The number of hydrogen-bond donors (Lipinski definition) is 1. The third-order valence-corrected chi connectivity index (χ3v) is 3.22. The molecule has 0 aliphatic carbocycles. The van der Waals surface area contributed by atoms with Crippen LogP contribution in [0.4, 0.5) is 8.78 Å². The van der Waals surface area contributed by atoms with E-state index >= 15 is 0 Å². The van der Waals surface area contributed by atoms with Crippen molar-refractivity contribution in [1.82, 2.24) is 0 Å². The maximum Gasteiger partial charge on any atom is 0.335 e. The quantitative estimate of drug-likeness (QED) is 0.854. The summed E-state index contributed by atoms with van der Waals surface area (Å²) in [6, 6.07) is 8.08. The first-order valence-electron chi connectivity index (χ1n) is 5.57. The predicted octanol–water partition coefficient (Wildman–Crippen LogP) is 4.00. The Bertz CT molecular complexity index is 659. The van der Waals surface area contributed by atoms with Crippen LogP contribution >= 0.6 is 15.9 Å². The molecule has 0 fully saturated rings. The molecule has 3 nitrogen and oxygen atoms in total. The molecule has 0 aliphatic heterocycles. The summed E-state index contributed by atoms with van der Waals surface area (Å²) in [6.45, 7) is -0.333. The zero-order chi connectivity index (χ0) is 14.7. The molecule has 0 heterocycles. The monoisotopic (exact) mass is 342 g/mol. The smallest absolute Gasteiger partial charge is 0.335 e. The number of ether oxygens (including phenoxy) is 1. The zero-order valence-corrected chi connectivity index (χ0v) is 11.7. The van der Waals surface area contributed by atoms with Gasteiger partial charge in [0.15, 0.2) is 0 Å². The number of rotatable bonds is 4. The third kappa shape index (κ3) is 3.14. The van der Waals surface area contributed by atoms with Crippen LogP contribution in [0, 0.1) is 11.6 Å². The number of aromatic carboxylic acids is 1. The van der Waals surface area contributed by atoms with Crippen molar-refractivity contribution >= 4 is 21.9 Å². The summed E-state index contributed by atoms with van der Waals surface area (Å²) in [5.41, 5.74) is -0.183. The number of halogens is 3. The summed E-state index contributed by atoms with van der Waals surface area (Å²) >= 11 is 2.96. The van der Waals surface area contributed by atoms with Gasteiger partial charge >= 0.3 is 5.97 Å². The molecule has 104 valence electrons. The second-order valence-corrected chi connectivity index (χ2v) is 4.80. The van der Waals surface area contributed by atoms with Crippen molar-refractivity contribution in [2.45, 2.75) is 6.61 Å². The molecule has 2 aromatic carbocycles. The van der Waals surface area contributed by atoms with E-state index in [9.17, 15) is 13.6 Å². The minimum absolute atomic E-state index is 0.0395. The molecule has 0 saturated carbocycles. The molecule has 0 aliphatic rings. The molecule has 2 aromatic rings. The van der Waals surface area contributed by atoms with Crippen LogP contribution in [0.5, 0.6) is 5.75 Å². The predicted molar refractivity (Wildman–Crippen MR) is 71.8 cm³/mol. The van der Waals surface area contributed by atoms with E-state index in [2.05, 4.69) is 15.9 Å². The highest BCUT2D eigenvalue weighted by Crippen LogP contribution is 2.23. The van der Waals surface area contributed by atoms with Crippen LogP contribution in [0.25, 0.3) is 0 Å². The van der Waals surface area contributed by atoms with Gasteiger partial charge in [-0.25, -0.2) is 13.6 Å². The van der Waals surface area contributed by atoms with Crippen LogP contribution in [-0.2, 0) is 6.61 Å². The SMILES string of the molecule is O=C(O)c1cccc(OCc2c(F)ccc(Br)c2F)c1. The first kappa shape index (κ1) is 14.5.